The van der Waals surface area contributed by atoms with Crippen molar-refractivity contribution in [3.05, 3.63) is 83.7 Å². The molecule has 1 aromatic heterocycles. The van der Waals surface area contributed by atoms with Gasteiger partial charge in [0.2, 0.25) is 0 Å². The van der Waals surface area contributed by atoms with Crippen LogP contribution in [0.5, 0.6) is 11.5 Å². The van der Waals surface area contributed by atoms with Gasteiger partial charge >= 0.3 is 5.97 Å². The molecule has 9 heteroatoms. The number of anilines is 1. The van der Waals surface area contributed by atoms with E-state index in [-0.39, 0.29) is 5.11 Å². The molecule has 188 valence electrons. The van der Waals surface area contributed by atoms with Crippen LogP contribution in [-0.2, 0) is 11.3 Å². The first kappa shape index (κ1) is 26.6. The first-order chi connectivity index (χ1) is 17.4. The van der Waals surface area contributed by atoms with Gasteiger partial charge in [-0.15, -0.1) is 0 Å². The highest BCUT2D eigenvalue weighted by Gasteiger charge is 2.19. The molecule has 8 nitrogen and oxygen atoms in total. The summed E-state index contributed by atoms with van der Waals surface area (Å²) in [6.45, 7) is 7.04. The molecule has 0 aliphatic rings. The summed E-state index contributed by atoms with van der Waals surface area (Å²) in [7, 11) is 0. The van der Waals surface area contributed by atoms with Crippen molar-refractivity contribution in [3.8, 4) is 11.5 Å². The molecule has 0 saturated heterocycles. The Morgan fingerprint density at radius 3 is 2.14 bits per heavy atom. The van der Waals surface area contributed by atoms with Crippen LogP contribution in [0.2, 0.25) is 0 Å². The minimum atomic E-state index is -0.405. The molecule has 0 fully saturated rings. The number of esters is 1. The molecule has 36 heavy (non-hydrogen) atoms. The Balaban J connectivity index is 1.86. The third kappa shape index (κ3) is 7.26. The number of rotatable bonds is 10. The quantitative estimate of drug-likeness (QED) is 0.310. The van der Waals surface area contributed by atoms with E-state index < -0.39 is 11.9 Å². The predicted octanol–water partition coefficient (Wildman–Crippen LogP) is 4.78. The highest BCUT2D eigenvalue weighted by Crippen LogP contribution is 2.24. The molecule has 0 unspecified atom stereocenters. The molecule has 2 aromatic carbocycles. The molecule has 0 atom stereocenters. The Labute approximate surface area is 216 Å². The number of nitrogens with zero attached hydrogens (tertiary/aromatic N) is 2. The fraction of sp³-hybridized carbons (Fsp3) is 0.259. The van der Waals surface area contributed by atoms with E-state index in [9.17, 15) is 9.59 Å². The lowest BCUT2D eigenvalue weighted by Crippen LogP contribution is -2.42. The lowest BCUT2D eigenvalue weighted by Gasteiger charge is -2.26. The van der Waals surface area contributed by atoms with Gasteiger partial charge in [-0.3, -0.25) is 15.1 Å². The van der Waals surface area contributed by atoms with Gasteiger partial charge in [0.15, 0.2) is 5.11 Å². The molecule has 3 aromatic rings. The molecule has 0 radical (unpaired) electrons. The zero-order valence-electron chi connectivity index (χ0n) is 20.5. The van der Waals surface area contributed by atoms with Crippen molar-refractivity contribution >= 4 is 34.9 Å². The first-order valence-electron chi connectivity index (χ1n) is 11.6. The summed E-state index contributed by atoms with van der Waals surface area (Å²) in [6, 6.07) is 15.6. The lowest BCUT2D eigenvalue weighted by molar-refractivity contribution is 0.0526. The third-order valence-corrected chi connectivity index (χ3v) is 5.31. The highest BCUT2D eigenvalue weighted by atomic mass is 32.1. The van der Waals surface area contributed by atoms with E-state index in [1.165, 1.54) is 0 Å². The maximum atomic E-state index is 13.2. The van der Waals surface area contributed by atoms with Crippen LogP contribution in [0.15, 0.2) is 67.0 Å². The van der Waals surface area contributed by atoms with Crippen molar-refractivity contribution in [2.75, 3.05) is 24.7 Å². The second-order valence-electron chi connectivity index (χ2n) is 7.53. The Morgan fingerprint density at radius 2 is 1.58 bits per heavy atom. The summed E-state index contributed by atoms with van der Waals surface area (Å²) < 4.78 is 16.2. The highest BCUT2D eigenvalue weighted by molar-refractivity contribution is 7.80. The van der Waals surface area contributed by atoms with Gasteiger partial charge in [0.05, 0.1) is 31.9 Å². The fourth-order valence-electron chi connectivity index (χ4n) is 3.39. The Morgan fingerprint density at radius 1 is 0.917 bits per heavy atom. The second-order valence-corrected chi connectivity index (χ2v) is 7.92. The van der Waals surface area contributed by atoms with E-state index in [2.05, 4.69) is 10.3 Å². The number of pyridine rings is 1. The molecular formula is C27H29N3O5S. The van der Waals surface area contributed by atoms with E-state index in [0.29, 0.717) is 54.7 Å². The van der Waals surface area contributed by atoms with Gasteiger partial charge in [-0.05, 0) is 81.0 Å². The minimum Gasteiger partial charge on any atom is -0.494 e. The SMILES string of the molecule is CCOC(=O)c1ccc(N(Cc2cccnc2)C(=S)NC(=O)c2cc(OCC)cc(OCC)c2)cc1. The summed E-state index contributed by atoms with van der Waals surface area (Å²) >= 11 is 5.65. The van der Waals surface area contributed by atoms with Gasteiger partial charge in [0.1, 0.15) is 11.5 Å². The molecule has 0 spiro atoms. The normalized spacial score (nSPS) is 10.3. The van der Waals surface area contributed by atoms with E-state index >= 15 is 0 Å². The van der Waals surface area contributed by atoms with Gasteiger partial charge in [-0.1, -0.05) is 6.07 Å². The van der Waals surface area contributed by atoms with E-state index in [0.717, 1.165) is 5.56 Å². The number of carbonyl (C=O) groups excluding carboxylic acids is 2. The van der Waals surface area contributed by atoms with E-state index in [1.807, 2.05) is 26.0 Å². The van der Waals surface area contributed by atoms with Crippen molar-refractivity contribution in [2.45, 2.75) is 27.3 Å². The topological polar surface area (TPSA) is 90.0 Å². The average molecular weight is 508 g/mol. The Kier molecular flexibility index (Phi) is 9.76. The van der Waals surface area contributed by atoms with Crippen molar-refractivity contribution in [1.29, 1.82) is 0 Å². The summed E-state index contributed by atoms with van der Waals surface area (Å²) in [5.41, 5.74) is 2.36. The standard InChI is InChI=1S/C27H29N3O5S/c1-4-33-23-14-21(15-24(16-23)34-5-2)25(31)29-27(36)30(18-19-8-7-13-28-17-19)22-11-9-20(10-12-22)26(32)35-6-3/h7-17H,4-6,18H2,1-3H3,(H,29,31,36). The van der Waals surface area contributed by atoms with Gasteiger partial charge in [-0.25, -0.2) is 4.79 Å². The van der Waals surface area contributed by atoms with Crippen LogP contribution in [0.25, 0.3) is 0 Å². The number of benzene rings is 2. The maximum Gasteiger partial charge on any atom is 0.338 e. The maximum absolute atomic E-state index is 13.2. The van der Waals surface area contributed by atoms with Gasteiger partial charge in [0.25, 0.3) is 5.91 Å². The van der Waals surface area contributed by atoms with E-state index in [1.54, 1.807) is 66.7 Å². The number of hydrogen-bond acceptors (Lipinski definition) is 7. The van der Waals surface area contributed by atoms with Gasteiger partial charge in [-0.2, -0.15) is 0 Å². The molecular weight excluding hydrogens is 478 g/mol. The van der Waals surface area contributed by atoms with Crippen molar-refractivity contribution in [1.82, 2.24) is 10.3 Å². The Hall–Kier alpha value is -3.98. The van der Waals surface area contributed by atoms with E-state index in [4.69, 9.17) is 26.4 Å². The first-order valence-corrected chi connectivity index (χ1v) is 12.1. The molecule has 1 amide bonds. The zero-order chi connectivity index (χ0) is 25.9. The van der Waals surface area contributed by atoms with Crippen LogP contribution in [-0.4, -0.2) is 41.8 Å². The molecule has 1 N–H and O–H groups in total. The van der Waals surface area contributed by atoms with Crippen LogP contribution < -0.4 is 19.7 Å². The van der Waals surface area contributed by atoms with Crippen LogP contribution >= 0.6 is 12.2 Å². The smallest absolute Gasteiger partial charge is 0.338 e. The molecule has 3 rings (SSSR count). The number of hydrogen-bond donors (Lipinski definition) is 1. The summed E-state index contributed by atoms with van der Waals surface area (Å²) in [4.78, 5) is 31.1. The molecule has 0 aliphatic carbocycles. The predicted molar refractivity (Wildman–Crippen MR) is 142 cm³/mol. The second kappa shape index (κ2) is 13.2. The minimum absolute atomic E-state index is 0.188. The van der Waals surface area contributed by atoms with Crippen molar-refractivity contribution in [3.63, 3.8) is 0 Å². The van der Waals surface area contributed by atoms with Crippen molar-refractivity contribution in [2.24, 2.45) is 0 Å². The summed E-state index contributed by atoms with van der Waals surface area (Å²) in [6.07, 6.45) is 3.41. The molecule has 0 aliphatic heterocycles. The third-order valence-electron chi connectivity index (χ3n) is 4.98. The fourth-order valence-corrected chi connectivity index (χ4v) is 3.65. The largest absolute Gasteiger partial charge is 0.494 e. The zero-order valence-corrected chi connectivity index (χ0v) is 21.3. The van der Waals surface area contributed by atoms with Crippen LogP contribution in [0, 0.1) is 0 Å². The Bertz CT molecular complexity index is 1160. The average Bonchev–Trinajstić information content (AvgIpc) is 2.88. The number of nitrogens with one attached hydrogen (secondary N) is 1. The summed E-state index contributed by atoms with van der Waals surface area (Å²) in [5, 5.41) is 2.99. The number of carbonyl (C=O) groups is 2. The van der Waals surface area contributed by atoms with Crippen molar-refractivity contribution < 1.29 is 23.8 Å². The summed E-state index contributed by atoms with van der Waals surface area (Å²) in [5.74, 6) is 0.252. The van der Waals surface area contributed by atoms with Gasteiger partial charge in [0, 0.05) is 29.7 Å². The van der Waals surface area contributed by atoms with Crippen LogP contribution in [0.4, 0.5) is 5.69 Å². The number of ether oxygens (including phenoxy) is 3. The molecule has 0 saturated carbocycles. The lowest BCUT2D eigenvalue weighted by atomic mass is 10.1. The molecule has 0 bridgehead atoms. The number of aromatic nitrogens is 1. The monoisotopic (exact) mass is 507 g/mol. The van der Waals surface area contributed by atoms with Crippen LogP contribution in [0.1, 0.15) is 47.1 Å². The molecule has 1 heterocycles. The van der Waals surface area contributed by atoms with Gasteiger partial charge < -0.3 is 19.1 Å². The number of amides is 1. The van der Waals surface area contributed by atoms with Crippen LogP contribution in [0.3, 0.4) is 0 Å². The number of thiocarbonyl (C=S) groups is 1.